The monoisotopic (exact) mass is 458 g/mol. The molecule has 4 atom stereocenters. The van der Waals surface area contributed by atoms with Gasteiger partial charge in [0.25, 0.3) is 0 Å². The molecular formula is C24H21Cl2FN2O2. The minimum absolute atomic E-state index is 0.262. The molecule has 1 aliphatic carbocycles. The van der Waals surface area contributed by atoms with E-state index in [1.165, 1.54) is 12.1 Å². The highest BCUT2D eigenvalue weighted by molar-refractivity contribution is 6.33. The summed E-state index contributed by atoms with van der Waals surface area (Å²) in [4.78, 5) is 26.9. The quantitative estimate of drug-likeness (QED) is 0.480. The summed E-state index contributed by atoms with van der Waals surface area (Å²) in [6, 6.07) is 8.92. The van der Waals surface area contributed by atoms with Crippen molar-refractivity contribution in [2.75, 3.05) is 5.32 Å². The summed E-state index contributed by atoms with van der Waals surface area (Å²) in [5, 5.41) is 5.50. The van der Waals surface area contributed by atoms with Gasteiger partial charge in [0.05, 0.1) is 6.04 Å². The molecule has 2 amide bonds. The van der Waals surface area contributed by atoms with Gasteiger partial charge in [-0.15, -0.1) is 11.6 Å². The van der Waals surface area contributed by atoms with E-state index in [1.807, 2.05) is 13.0 Å². The Morgan fingerprint density at radius 2 is 1.97 bits per heavy atom. The third-order valence-electron chi connectivity index (χ3n) is 6.85. The van der Waals surface area contributed by atoms with Crippen molar-refractivity contribution in [3.63, 3.8) is 0 Å². The van der Waals surface area contributed by atoms with Gasteiger partial charge in [0.1, 0.15) is 16.6 Å². The number of anilines is 1. The number of carbonyl (C=O) groups is 2. The molecule has 5 rings (SSSR count). The van der Waals surface area contributed by atoms with Crippen LogP contribution < -0.4 is 10.6 Å². The molecule has 4 nitrogen and oxygen atoms in total. The summed E-state index contributed by atoms with van der Waals surface area (Å²) in [5.74, 6) is -1.60. The van der Waals surface area contributed by atoms with Crippen molar-refractivity contribution in [1.82, 2.24) is 5.32 Å². The van der Waals surface area contributed by atoms with Crippen molar-refractivity contribution in [2.45, 2.75) is 43.0 Å². The first kappa shape index (κ1) is 20.5. The second-order valence-electron chi connectivity index (χ2n) is 8.51. The van der Waals surface area contributed by atoms with E-state index < -0.39 is 28.6 Å². The largest absolute Gasteiger partial charge is 0.347 e. The average Bonchev–Trinajstić information content (AvgIpc) is 3.34. The lowest BCUT2D eigenvalue weighted by molar-refractivity contribution is -0.132. The molecule has 1 fully saturated rings. The maximum Gasteiger partial charge on any atom is 0.239 e. The van der Waals surface area contributed by atoms with E-state index in [9.17, 15) is 14.0 Å². The van der Waals surface area contributed by atoms with Crippen LogP contribution in [0.25, 0.3) is 0 Å². The van der Waals surface area contributed by atoms with Crippen molar-refractivity contribution in [3.8, 4) is 0 Å². The normalized spacial score (nSPS) is 29.5. The summed E-state index contributed by atoms with van der Waals surface area (Å²) in [5.41, 5.74) is 2.47. The highest BCUT2D eigenvalue weighted by atomic mass is 35.5. The minimum Gasteiger partial charge on any atom is -0.347 e. The number of aryl methyl sites for hydroxylation is 1. The average molecular weight is 459 g/mol. The summed E-state index contributed by atoms with van der Waals surface area (Å²) in [6.07, 6.45) is 4.70. The van der Waals surface area contributed by atoms with E-state index in [0.29, 0.717) is 16.3 Å². The van der Waals surface area contributed by atoms with Crippen LogP contribution in [0.1, 0.15) is 42.0 Å². The zero-order valence-corrected chi connectivity index (χ0v) is 18.4. The molecule has 2 aromatic carbocycles. The lowest BCUT2D eigenvalue weighted by Crippen LogP contribution is -2.63. The zero-order valence-electron chi connectivity index (χ0n) is 16.8. The van der Waals surface area contributed by atoms with Gasteiger partial charge in [-0.05, 0) is 67.1 Å². The lowest BCUT2D eigenvalue weighted by atomic mass is 9.58. The topological polar surface area (TPSA) is 58.2 Å². The van der Waals surface area contributed by atoms with Crippen LogP contribution in [0.5, 0.6) is 0 Å². The molecule has 3 aliphatic rings. The number of hydrogen-bond acceptors (Lipinski definition) is 2. The molecule has 1 saturated heterocycles. The predicted octanol–water partition coefficient (Wildman–Crippen LogP) is 5.18. The fraction of sp³-hybridized carbons (Fsp3) is 0.333. The summed E-state index contributed by atoms with van der Waals surface area (Å²) in [7, 11) is 0. The standard InChI is InChI=1S/C24H21Cl2FN2O2/c1-12-6-8-15(27)11-16(12)21-24(17-9-7-14(25)10-18(17)28-23(24)31)19(13-4-2-3-5-13)20(26)22(30)29-21/h4,6-11,19-21H,2-3,5H2,1H3,(H,28,31)(H,29,30). The van der Waals surface area contributed by atoms with Gasteiger partial charge in [-0.1, -0.05) is 35.4 Å². The Labute approximate surface area is 189 Å². The van der Waals surface area contributed by atoms with Crippen LogP contribution in [-0.2, 0) is 15.0 Å². The molecule has 2 aliphatic heterocycles. The van der Waals surface area contributed by atoms with E-state index in [2.05, 4.69) is 16.7 Å². The van der Waals surface area contributed by atoms with Gasteiger partial charge in [0.2, 0.25) is 11.8 Å². The second-order valence-corrected chi connectivity index (χ2v) is 9.41. The molecule has 0 bridgehead atoms. The molecule has 1 spiro atoms. The number of amides is 2. The highest BCUT2D eigenvalue weighted by Crippen LogP contribution is 2.58. The van der Waals surface area contributed by atoms with Crippen LogP contribution in [-0.4, -0.2) is 17.2 Å². The fourth-order valence-electron chi connectivity index (χ4n) is 5.53. The number of rotatable bonds is 2. The number of fused-ring (bicyclic) bond motifs is 2. The van der Waals surface area contributed by atoms with Crippen molar-refractivity contribution in [2.24, 2.45) is 5.92 Å². The molecule has 31 heavy (non-hydrogen) atoms. The first-order chi connectivity index (χ1) is 14.8. The molecule has 4 unspecified atom stereocenters. The van der Waals surface area contributed by atoms with Gasteiger partial charge in [-0.3, -0.25) is 9.59 Å². The van der Waals surface area contributed by atoms with Crippen molar-refractivity contribution < 1.29 is 14.0 Å². The Kier molecular flexibility index (Phi) is 4.87. The zero-order chi connectivity index (χ0) is 21.9. The number of piperidine rings is 1. The summed E-state index contributed by atoms with van der Waals surface area (Å²) >= 11 is 12.9. The van der Waals surface area contributed by atoms with Crippen LogP contribution in [0.4, 0.5) is 10.1 Å². The molecule has 2 heterocycles. The molecule has 7 heteroatoms. The highest BCUT2D eigenvalue weighted by Gasteiger charge is 2.64. The third kappa shape index (κ3) is 2.94. The maximum absolute atomic E-state index is 14.3. The number of allylic oxidation sites excluding steroid dienone is 2. The van der Waals surface area contributed by atoms with Gasteiger partial charge in [0.15, 0.2) is 0 Å². The van der Waals surface area contributed by atoms with Crippen molar-refractivity contribution in [3.05, 3.63) is 75.6 Å². The number of carbonyl (C=O) groups excluding carboxylic acids is 2. The van der Waals surface area contributed by atoms with Crippen LogP contribution in [0, 0.1) is 18.7 Å². The Morgan fingerprint density at radius 1 is 1.16 bits per heavy atom. The Balaban J connectivity index is 1.83. The smallest absolute Gasteiger partial charge is 0.239 e. The number of benzene rings is 2. The van der Waals surface area contributed by atoms with E-state index in [1.54, 1.807) is 18.2 Å². The predicted molar refractivity (Wildman–Crippen MR) is 119 cm³/mol. The molecule has 2 N–H and O–H groups in total. The van der Waals surface area contributed by atoms with E-state index >= 15 is 0 Å². The van der Waals surface area contributed by atoms with Crippen LogP contribution >= 0.6 is 23.2 Å². The van der Waals surface area contributed by atoms with Crippen LogP contribution in [0.3, 0.4) is 0 Å². The first-order valence-electron chi connectivity index (χ1n) is 10.3. The first-order valence-corrected chi connectivity index (χ1v) is 11.2. The Bertz CT molecular complexity index is 1150. The summed E-state index contributed by atoms with van der Waals surface area (Å²) < 4.78 is 14.3. The van der Waals surface area contributed by atoms with Gasteiger partial charge >= 0.3 is 0 Å². The molecule has 0 aromatic heterocycles. The van der Waals surface area contributed by atoms with Crippen molar-refractivity contribution in [1.29, 1.82) is 0 Å². The molecule has 0 saturated carbocycles. The van der Waals surface area contributed by atoms with E-state index in [-0.39, 0.29) is 11.8 Å². The van der Waals surface area contributed by atoms with Crippen LogP contribution in [0.2, 0.25) is 5.02 Å². The van der Waals surface area contributed by atoms with E-state index in [0.717, 1.165) is 36.0 Å². The second kappa shape index (κ2) is 7.35. The minimum atomic E-state index is -1.21. The SMILES string of the molecule is Cc1ccc(F)cc1C1NC(=O)C(Cl)C(C2=CCCC2)C12C(=O)Nc1cc(Cl)ccc12. The fourth-order valence-corrected chi connectivity index (χ4v) is 6.12. The Morgan fingerprint density at radius 3 is 2.71 bits per heavy atom. The van der Waals surface area contributed by atoms with E-state index in [4.69, 9.17) is 23.2 Å². The molecule has 160 valence electrons. The number of alkyl halides is 1. The van der Waals surface area contributed by atoms with Crippen LogP contribution in [0.15, 0.2) is 48.0 Å². The number of hydrogen-bond donors (Lipinski definition) is 2. The Hall–Kier alpha value is -2.37. The number of halogens is 3. The lowest BCUT2D eigenvalue weighted by Gasteiger charge is -2.49. The maximum atomic E-state index is 14.3. The van der Waals surface area contributed by atoms with Gasteiger partial charge in [0, 0.05) is 16.6 Å². The van der Waals surface area contributed by atoms with Gasteiger partial charge < -0.3 is 10.6 Å². The molecule has 2 aromatic rings. The number of nitrogens with one attached hydrogen (secondary N) is 2. The van der Waals surface area contributed by atoms with Crippen molar-refractivity contribution >= 4 is 40.7 Å². The molecular weight excluding hydrogens is 438 g/mol. The van der Waals surface area contributed by atoms with Gasteiger partial charge in [-0.25, -0.2) is 4.39 Å². The summed E-state index contributed by atoms with van der Waals surface area (Å²) in [6.45, 7) is 1.85. The van der Waals surface area contributed by atoms with Gasteiger partial charge in [-0.2, -0.15) is 0 Å². The third-order valence-corrected chi connectivity index (χ3v) is 7.54. The molecule has 0 radical (unpaired) electrons.